The number of nitrogens with two attached hydrogens (primary N) is 1. The van der Waals surface area contributed by atoms with E-state index in [4.69, 9.17) is 5.73 Å². The van der Waals surface area contributed by atoms with E-state index in [0.717, 1.165) is 38.9 Å². The standard InChI is InChI=1S/C15H27N3/c1-4-7-17-14-10-13(16)11-15(12-14)18(8-5-2)9-6-3/h4-6,13-15,17H,1-3,7-12,16H2/t13-,14+,15-/m1/s1. The molecule has 0 heterocycles. The Hall–Kier alpha value is -0.900. The second kappa shape index (κ2) is 8.25. The molecule has 1 aliphatic carbocycles. The largest absolute Gasteiger partial charge is 0.328 e. The fraction of sp³-hybridized carbons (Fsp3) is 0.600. The van der Waals surface area contributed by atoms with Crippen molar-refractivity contribution in [1.82, 2.24) is 10.2 Å². The maximum absolute atomic E-state index is 6.17. The maximum atomic E-state index is 6.17. The van der Waals surface area contributed by atoms with Crippen molar-refractivity contribution in [2.24, 2.45) is 5.73 Å². The predicted molar refractivity (Wildman–Crippen MR) is 79.6 cm³/mol. The van der Waals surface area contributed by atoms with Gasteiger partial charge < -0.3 is 11.1 Å². The molecule has 0 aromatic heterocycles. The highest BCUT2D eigenvalue weighted by Crippen LogP contribution is 2.22. The minimum Gasteiger partial charge on any atom is -0.328 e. The third-order valence-corrected chi connectivity index (χ3v) is 3.51. The van der Waals surface area contributed by atoms with E-state index in [2.05, 4.69) is 30.0 Å². The summed E-state index contributed by atoms with van der Waals surface area (Å²) >= 11 is 0. The van der Waals surface area contributed by atoms with Crippen LogP contribution in [0.3, 0.4) is 0 Å². The molecule has 0 unspecified atom stereocenters. The third kappa shape index (κ3) is 4.77. The number of rotatable bonds is 8. The van der Waals surface area contributed by atoms with Crippen LogP contribution in [0.4, 0.5) is 0 Å². The highest BCUT2D eigenvalue weighted by atomic mass is 15.2. The molecule has 3 heteroatoms. The summed E-state index contributed by atoms with van der Waals surface area (Å²) in [5, 5.41) is 3.49. The minimum absolute atomic E-state index is 0.281. The van der Waals surface area contributed by atoms with Crippen LogP contribution in [0.1, 0.15) is 19.3 Å². The first kappa shape index (κ1) is 15.2. The third-order valence-electron chi connectivity index (χ3n) is 3.51. The molecule has 0 amide bonds. The van der Waals surface area contributed by atoms with Crippen molar-refractivity contribution < 1.29 is 0 Å². The predicted octanol–water partition coefficient (Wildman–Crippen LogP) is 1.68. The summed E-state index contributed by atoms with van der Waals surface area (Å²) in [6.45, 7) is 14.1. The van der Waals surface area contributed by atoms with Gasteiger partial charge in [0, 0.05) is 37.8 Å². The highest BCUT2D eigenvalue weighted by molar-refractivity contribution is 4.94. The SMILES string of the molecule is C=CCN[C@H]1C[C@@H](N)C[C@@H](N(CC=C)CC=C)C1. The van der Waals surface area contributed by atoms with Gasteiger partial charge in [-0.1, -0.05) is 18.2 Å². The van der Waals surface area contributed by atoms with Gasteiger partial charge in [-0.3, -0.25) is 4.90 Å². The van der Waals surface area contributed by atoms with Gasteiger partial charge in [-0.25, -0.2) is 0 Å². The monoisotopic (exact) mass is 249 g/mol. The Labute approximate surface area is 111 Å². The Kier molecular flexibility index (Phi) is 6.94. The molecule has 102 valence electrons. The Balaban J connectivity index is 2.58. The second-order valence-corrected chi connectivity index (χ2v) is 5.05. The first-order valence-electron chi connectivity index (χ1n) is 6.77. The summed E-state index contributed by atoms with van der Waals surface area (Å²) in [4.78, 5) is 2.40. The fourth-order valence-electron chi connectivity index (χ4n) is 2.75. The quantitative estimate of drug-likeness (QED) is 0.643. The van der Waals surface area contributed by atoms with Crippen molar-refractivity contribution in [1.29, 1.82) is 0 Å². The molecular weight excluding hydrogens is 222 g/mol. The average molecular weight is 249 g/mol. The van der Waals surface area contributed by atoms with Crippen LogP contribution < -0.4 is 11.1 Å². The zero-order chi connectivity index (χ0) is 13.4. The fourth-order valence-corrected chi connectivity index (χ4v) is 2.75. The van der Waals surface area contributed by atoms with Gasteiger partial charge in [0.1, 0.15) is 0 Å². The van der Waals surface area contributed by atoms with E-state index in [1.165, 1.54) is 0 Å². The van der Waals surface area contributed by atoms with Crippen molar-refractivity contribution in [3.63, 3.8) is 0 Å². The molecule has 0 aliphatic heterocycles. The van der Waals surface area contributed by atoms with Gasteiger partial charge >= 0.3 is 0 Å². The van der Waals surface area contributed by atoms with Gasteiger partial charge in [0.05, 0.1) is 0 Å². The molecule has 0 saturated heterocycles. The van der Waals surface area contributed by atoms with E-state index in [0.29, 0.717) is 12.1 Å². The highest BCUT2D eigenvalue weighted by Gasteiger charge is 2.29. The molecule has 3 atom stereocenters. The molecule has 0 spiro atoms. The van der Waals surface area contributed by atoms with Crippen LogP contribution in [0.2, 0.25) is 0 Å². The Bertz CT molecular complexity index is 265. The van der Waals surface area contributed by atoms with Crippen molar-refractivity contribution in [2.75, 3.05) is 19.6 Å². The lowest BCUT2D eigenvalue weighted by Gasteiger charge is -2.39. The first-order chi connectivity index (χ1) is 8.71. The summed E-state index contributed by atoms with van der Waals surface area (Å²) in [5.74, 6) is 0. The summed E-state index contributed by atoms with van der Waals surface area (Å²) in [6, 6.07) is 1.30. The van der Waals surface area contributed by atoms with Gasteiger partial charge in [0.15, 0.2) is 0 Å². The zero-order valence-corrected chi connectivity index (χ0v) is 11.4. The molecule has 0 radical (unpaired) electrons. The summed E-state index contributed by atoms with van der Waals surface area (Å²) in [6.07, 6.45) is 9.07. The Morgan fingerprint density at radius 3 is 2.28 bits per heavy atom. The van der Waals surface area contributed by atoms with Crippen LogP contribution in [0.15, 0.2) is 38.0 Å². The smallest absolute Gasteiger partial charge is 0.0166 e. The van der Waals surface area contributed by atoms with Crippen LogP contribution in [0.25, 0.3) is 0 Å². The first-order valence-corrected chi connectivity index (χ1v) is 6.77. The molecule has 3 nitrogen and oxygen atoms in total. The van der Waals surface area contributed by atoms with Crippen molar-refractivity contribution in [3.8, 4) is 0 Å². The molecule has 1 fully saturated rings. The molecule has 1 aliphatic rings. The number of hydrogen-bond donors (Lipinski definition) is 2. The lowest BCUT2D eigenvalue weighted by atomic mass is 9.86. The molecule has 3 N–H and O–H groups in total. The summed E-state index contributed by atoms with van der Waals surface area (Å²) in [7, 11) is 0. The Morgan fingerprint density at radius 1 is 1.06 bits per heavy atom. The zero-order valence-electron chi connectivity index (χ0n) is 11.4. The lowest BCUT2D eigenvalue weighted by molar-refractivity contribution is 0.156. The van der Waals surface area contributed by atoms with Crippen LogP contribution in [0.5, 0.6) is 0 Å². The minimum atomic E-state index is 0.281. The van der Waals surface area contributed by atoms with Gasteiger partial charge in [-0.15, -0.1) is 19.7 Å². The van der Waals surface area contributed by atoms with Crippen LogP contribution in [-0.4, -0.2) is 42.7 Å². The number of nitrogens with one attached hydrogen (secondary N) is 1. The normalized spacial score (nSPS) is 28.0. The number of hydrogen-bond acceptors (Lipinski definition) is 3. The number of nitrogens with zero attached hydrogens (tertiary/aromatic N) is 1. The topological polar surface area (TPSA) is 41.3 Å². The van der Waals surface area contributed by atoms with Gasteiger partial charge in [0.2, 0.25) is 0 Å². The van der Waals surface area contributed by atoms with E-state index >= 15 is 0 Å². The molecular formula is C15H27N3. The van der Waals surface area contributed by atoms with Crippen molar-refractivity contribution >= 4 is 0 Å². The van der Waals surface area contributed by atoms with E-state index in [1.54, 1.807) is 0 Å². The van der Waals surface area contributed by atoms with Crippen LogP contribution in [0, 0.1) is 0 Å². The summed E-state index contributed by atoms with van der Waals surface area (Å²) in [5.41, 5.74) is 6.17. The van der Waals surface area contributed by atoms with E-state index in [9.17, 15) is 0 Å². The molecule has 1 rings (SSSR count). The van der Waals surface area contributed by atoms with Crippen LogP contribution in [-0.2, 0) is 0 Å². The molecule has 0 bridgehead atoms. The van der Waals surface area contributed by atoms with Gasteiger partial charge in [-0.2, -0.15) is 0 Å². The van der Waals surface area contributed by atoms with Crippen molar-refractivity contribution in [3.05, 3.63) is 38.0 Å². The molecule has 0 aromatic rings. The second-order valence-electron chi connectivity index (χ2n) is 5.05. The molecule has 18 heavy (non-hydrogen) atoms. The maximum Gasteiger partial charge on any atom is 0.0166 e. The molecule has 0 aromatic carbocycles. The Morgan fingerprint density at radius 2 is 1.72 bits per heavy atom. The average Bonchev–Trinajstić information content (AvgIpc) is 2.35. The van der Waals surface area contributed by atoms with Gasteiger partial charge in [-0.05, 0) is 19.3 Å². The lowest BCUT2D eigenvalue weighted by Crippen LogP contribution is -2.50. The van der Waals surface area contributed by atoms with E-state index in [-0.39, 0.29) is 6.04 Å². The van der Waals surface area contributed by atoms with E-state index < -0.39 is 0 Å². The van der Waals surface area contributed by atoms with Gasteiger partial charge in [0.25, 0.3) is 0 Å². The van der Waals surface area contributed by atoms with E-state index in [1.807, 2.05) is 18.2 Å². The van der Waals surface area contributed by atoms with Crippen molar-refractivity contribution in [2.45, 2.75) is 37.4 Å². The van der Waals surface area contributed by atoms with Crippen LogP contribution >= 0.6 is 0 Å². The molecule has 1 saturated carbocycles. The summed E-state index contributed by atoms with van der Waals surface area (Å²) < 4.78 is 0.